The summed E-state index contributed by atoms with van der Waals surface area (Å²) in [5.74, 6) is -0.191. The Labute approximate surface area is 239 Å². The number of carbonyl (C=O) groups excluding carboxylic acids is 2. The van der Waals surface area contributed by atoms with E-state index < -0.39 is 29.0 Å². The Balaban J connectivity index is 1.47. The standard InChI is InChI=1S/C26H28FN9O4S/c1-25(2,3)40-24(39)34-23-35-26(14-36(11-15(26)13-41-23)22-31-7-16(27)8-32-22)20-6-17(4-5-28-20)33-21(38)19-10-29-18(12-37)9-30-19/h4-10,15,37H,11-14H2,1-3H3,(H,28,33,38)(H,34,35,39)/t15-,26-/m0/s1. The fourth-order valence-electron chi connectivity index (χ4n) is 4.53. The van der Waals surface area contributed by atoms with Crippen molar-refractivity contribution in [1.29, 1.82) is 0 Å². The highest BCUT2D eigenvalue weighted by Gasteiger charge is 2.52. The van der Waals surface area contributed by atoms with E-state index in [-0.39, 0.29) is 18.2 Å². The Kier molecular flexibility index (Phi) is 7.82. The summed E-state index contributed by atoms with van der Waals surface area (Å²) in [5.41, 5.74) is -0.212. The van der Waals surface area contributed by atoms with Gasteiger partial charge in [0.2, 0.25) is 5.95 Å². The SMILES string of the molecule is CC(C)(C)OC(=O)NC1=N[C@@]2(c3cc(NC(=O)c4cnc(CO)cn4)ccn3)CN(c3ncc(F)cn3)C[C@H]2CS1. The first-order chi connectivity index (χ1) is 19.5. The van der Waals surface area contributed by atoms with Crippen LogP contribution < -0.4 is 15.5 Å². The zero-order valence-corrected chi connectivity index (χ0v) is 23.4. The molecule has 2 amide bonds. The lowest BCUT2D eigenvalue weighted by Crippen LogP contribution is -2.44. The maximum absolute atomic E-state index is 13.5. The molecule has 0 spiro atoms. The van der Waals surface area contributed by atoms with E-state index in [1.54, 1.807) is 39.1 Å². The predicted octanol–water partition coefficient (Wildman–Crippen LogP) is 2.50. The van der Waals surface area contributed by atoms with Crippen molar-refractivity contribution in [3.8, 4) is 0 Å². The van der Waals surface area contributed by atoms with Gasteiger partial charge in [0.25, 0.3) is 5.91 Å². The number of aliphatic hydroxyl groups is 1. The smallest absolute Gasteiger partial charge is 0.413 e. The quantitative estimate of drug-likeness (QED) is 0.405. The number of aromatic nitrogens is 5. The lowest BCUT2D eigenvalue weighted by Gasteiger charge is -2.34. The van der Waals surface area contributed by atoms with Gasteiger partial charge >= 0.3 is 6.09 Å². The number of ether oxygens (including phenoxy) is 1. The third-order valence-electron chi connectivity index (χ3n) is 6.33. The fourth-order valence-corrected chi connectivity index (χ4v) is 5.65. The van der Waals surface area contributed by atoms with Gasteiger partial charge in [0.05, 0.1) is 49.3 Å². The monoisotopic (exact) mass is 581 g/mol. The van der Waals surface area contributed by atoms with Crippen LogP contribution in [-0.2, 0) is 16.9 Å². The normalized spacial score (nSPS) is 20.2. The molecule has 15 heteroatoms. The molecule has 3 aromatic heterocycles. The third kappa shape index (κ3) is 6.41. The molecular weight excluding hydrogens is 553 g/mol. The Morgan fingerprint density at radius 3 is 2.61 bits per heavy atom. The summed E-state index contributed by atoms with van der Waals surface area (Å²) in [6.07, 6.45) is 5.76. The van der Waals surface area contributed by atoms with Gasteiger partial charge in [-0.25, -0.2) is 29.1 Å². The number of amides is 2. The largest absolute Gasteiger partial charge is 0.444 e. The van der Waals surface area contributed by atoms with Gasteiger partial charge in [-0.05, 0) is 32.9 Å². The van der Waals surface area contributed by atoms with E-state index in [2.05, 4.69) is 35.6 Å². The van der Waals surface area contributed by atoms with Crippen LogP contribution in [-0.4, -0.2) is 71.6 Å². The van der Waals surface area contributed by atoms with Crippen LogP contribution in [0.25, 0.3) is 0 Å². The molecule has 0 unspecified atom stereocenters. The first-order valence-corrected chi connectivity index (χ1v) is 13.7. The molecule has 3 aromatic rings. The molecule has 0 aliphatic carbocycles. The summed E-state index contributed by atoms with van der Waals surface area (Å²) in [4.78, 5) is 53.2. The van der Waals surface area contributed by atoms with E-state index in [4.69, 9.17) is 9.73 Å². The molecule has 2 aliphatic rings. The van der Waals surface area contributed by atoms with Crippen LogP contribution in [0.3, 0.4) is 0 Å². The summed E-state index contributed by atoms with van der Waals surface area (Å²) in [5, 5.41) is 15.1. The molecule has 0 bridgehead atoms. The number of aliphatic hydroxyl groups excluding tert-OH is 1. The number of carbonyl (C=O) groups is 2. The second-order valence-electron chi connectivity index (χ2n) is 10.5. The van der Waals surface area contributed by atoms with Crippen molar-refractivity contribution in [2.45, 2.75) is 38.5 Å². The number of pyridine rings is 1. The van der Waals surface area contributed by atoms with Gasteiger partial charge in [0.15, 0.2) is 11.0 Å². The average Bonchev–Trinajstić information content (AvgIpc) is 3.33. The molecule has 1 fully saturated rings. The molecule has 2 atom stereocenters. The summed E-state index contributed by atoms with van der Waals surface area (Å²) < 4.78 is 18.9. The van der Waals surface area contributed by atoms with E-state index in [1.807, 2.05) is 4.90 Å². The second kappa shape index (κ2) is 11.3. The molecule has 0 aromatic carbocycles. The molecule has 5 rings (SSSR count). The number of rotatable bonds is 5. The Morgan fingerprint density at radius 2 is 1.93 bits per heavy atom. The minimum Gasteiger partial charge on any atom is -0.444 e. The topological polar surface area (TPSA) is 168 Å². The van der Waals surface area contributed by atoms with Crippen molar-refractivity contribution < 1.29 is 23.8 Å². The highest BCUT2D eigenvalue weighted by atomic mass is 32.2. The van der Waals surface area contributed by atoms with Gasteiger partial charge in [0, 0.05) is 30.1 Å². The number of fused-ring (bicyclic) bond motifs is 1. The molecule has 3 N–H and O–H groups in total. The molecule has 0 radical (unpaired) electrons. The number of anilines is 2. The van der Waals surface area contributed by atoms with Crippen LogP contribution in [0, 0.1) is 11.7 Å². The fraction of sp³-hybridized carbons (Fsp3) is 0.385. The van der Waals surface area contributed by atoms with Crippen molar-refractivity contribution in [3.63, 3.8) is 0 Å². The number of halogens is 1. The lowest BCUT2D eigenvalue weighted by atomic mass is 9.85. The Morgan fingerprint density at radius 1 is 1.15 bits per heavy atom. The molecule has 1 saturated heterocycles. The van der Waals surface area contributed by atoms with Crippen molar-refractivity contribution in [1.82, 2.24) is 30.2 Å². The van der Waals surface area contributed by atoms with Crippen molar-refractivity contribution in [2.75, 3.05) is 29.1 Å². The molecule has 2 aliphatic heterocycles. The number of alkyl carbamates (subject to hydrolysis) is 1. The Hall–Kier alpha value is -4.24. The van der Waals surface area contributed by atoms with Crippen LogP contribution in [0.4, 0.5) is 20.8 Å². The van der Waals surface area contributed by atoms with Crippen molar-refractivity contribution >= 4 is 40.6 Å². The van der Waals surface area contributed by atoms with E-state index >= 15 is 0 Å². The number of aliphatic imine (C=N–C) groups is 1. The van der Waals surface area contributed by atoms with Gasteiger partial charge in [-0.3, -0.25) is 20.1 Å². The summed E-state index contributed by atoms with van der Waals surface area (Å²) >= 11 is 1.38. The molecule has 13 nitrogen and oxygen atoms in total. The van der Waals surface area contributed by atoms with Gasteiger partial charge in [0.1, 0.15) is 16.8 Å². The average molecular weight is 582 g/mol. The van der Waals surface area contributed by atoms with Gasteiger partial charge < -0.3 is 20.1 Å². The van der Waals surface area contributed by atoms with Crippen LogP contribution in [0.5, 0.6) is 0 Å². The van der Waals surface area contributed by atoms with Crippen LogP contribution in [0.1, 0.15) is 42.6 Å². The summed E-state index contributed by atoms with van der Waals surface area (Å²) in [6.45, 7) is 5.83. The lowest BCUT2D eigenvalue weighted by molar-refractivity contribution is 0.0563. The van der Waals surface area contributed by atoms with Crippen molar-refractivity contribution in [3.05, 3.63) is 66.0 Å². The minimum atomic E-state index is -0.948. The zero-order chi connectivity index (χ0) is 29.2. The molecule has 214 valence electrons. The number of amidine groups is 1. The number of hydrogen-bond donors (Lipinski definition) is 3. The molecule has 0 saturated carbocycles. The van der Waals surface area contributed by atoms with Gasteiger partial charge in [-0.15, -0.1) is 0 Å². The number of nitrogens with one attached hydrogen (secondary N) is 2. The Bertz CT molecular complexity index is 1470. The molecule has 41 heavy (non-hydrogen) atoms. The highest BCUT2D eigenvalue weighted by Crippen LogP contribution is 2.46. The molecular formula is C26H28FN9O4S. The maximum Gasteiger partial charge on any atom is 0.413 e. The van der Waals surface area contributed by atoms with Crippen LogP contribution in [0.15, 0.2) is 48.1 Å². The van der Waals surface area contributed by atoms with Crippen LogP contribution >= 0.6 is 11.8 Å². The summed E-state index contributed by atoms with van der Waals surface area (Å²) in [7, 11) is 0. The van der Waals surface area contributed by atoms with E-state index in [0.29, 0.717) is 47.0 Å². The third-order valence-corrected chi connectivity index (χ3v) is 7.36. The minimum absolute atomic E-state index is 0.0769. The highest BCUT2D eigenvalue weighted by molar-refractivity contribution is 8.13. The second-order valence-corrected chi connectivity index (χ2v) is 11.5. The molecule has 5 heterocycles. The number of hydrogen-bond acceptors (Lipinski definition) is 12. The van der Waals surface area contributed by atoms with E-state index in [0.717, 1.165) is 12.4 Å². The number of nitrogens with zero attached hydrogens (tertiary/aromatic N) is 7. The van der Waals surface area contributed by atoms with Crippen molar-refractivity contribution in [2.24, 2.45) is 10.9 Å². The van der Waals surface area contributed by atoms with Gasteiger partial charge in [-0.1, -0.05) is 11.8 Å². The maximum atomic E-state index is 13.5. The summed E-state index contributed by atoms with van der Waals surface area (Å²) in [6, 6.07) is 3.36. The van der Waals surface area contributed by atoms with E-state index in [9.17, 15) is 19.1 Å². The van der Waals surface area contributed by atoms with E-state index in [1.165, 1.54) is 24.2 Å². The zero-order valence-electron chi connectivity index (χ0n) is 22.5. The predicted molar refractivity (Wildman–Crippen MR) is 149 cm³/mol. The number of thioether (sulfide) groups is 1. The first-order valence-electron chi connectivity index (χ1n) is 12.7. The van der Waals surface area contributed by atoms with Gasteiger partial charge in [-0.2, -0.15) is 0 Å². The first kappa shape index (κ1) is 28.3. The van der Waals surface area contributed by atoms with Crippen LogP contribution in [0.2, 0.25) is 0 Å².